The zero-order valence-corrected chi connectivity index (χ0v) is 12.0. The molecule has 0 saturated heterocycles. The normalized spacial score (nSPS) is 11.6. The molecule has 0 saturated carbocycles. The van der Waals surface area contributed by atoms with E-state index in [0.29, 0.717) is 12.3 Å². The van der Waals surface area contributed by atoms with Gasteiger partial charge < -0.3 is 20.5 Å². The van der Waals surface area contributed by atoms with Crippen molar-refractivity contribution in [1.82, 2.24) is 5.32 Å². The summed E-state index contributed by atoms with van der Waals surface area (Å²) in [7, 11) is 0. The predicted octanol–water partition coefficient (Wildman–Crippen LogP) is 2.46. The van der Waals surface area contributed by atoms with Gasteiger partial charge in [0.1, 0.15) is 0 Å². The van der Waals surface area contributed by atoms with Crippen LogP contribution in [0.15, 0.2) is 18.2 Å². The number of rotatable bonds is 7. The van der Waals surface area contributed by atoms with Crippen LogP contribution in [0, 0.1) is 11.7 Å². The topological polar surface area (TPSA) is 87.7 Å². The predicted molar refractivity (Wildman–Crippen MR) is 76.0 cm³/mol. The third kappa shape index (κ3) is 6.11. The van der Waals surface area contributed by atoms with E-state index < -0.39 is 17.8 Å². The molecular formula is C14H19FN2O4. The molecule has 0 aromatic heterocycles. The average Bonchev–Trinajstić information content (AvgIpc) is 2.39. The number of urea groups is 1. The highest BCUT2D eigenvalue weighted by Crippen LogP contribution is 2.21. The minimum absolute atomic E-state index is 0.0298. The van der Waals surface area contributed by atoms with Gasteiger partial charge in [0.25, 0.3) is 0 Å². The Morgan fingerprint density at radius 3 is 2.71 bits per heavy atom. The summed E-state index contributed by atoms with van der Waals surface area (Å²) >= 11 is 0. The van der Waals surface area contributed by atoms with Crippen molar-refractivity contribution < 1.29 is 23.8 Å². The number of carboxylic acid groups (broad SMARTS) is 1. The Kier molecular flexibility index (Phi) is 6.45. The lowest BCUT2D eigenvalue weighted by molar-refractivity contribution is -0.137. The molecule has 0 aliphatic heterocycles. The number of aliphatic carboxylic acids is 1. The highest BCUT2D eigenvalue weighted by molar-refractivity contribution is 5.89. The van der Waals surface area contributed by atoms with Crippen molar-refractivity contribution in [2.45, 2.75) is 20.3 Å². The number of carboxylic acids is 1. The van der Waals surface area contributed by atoms with Crippen LogP contribution < -0.4 is 15.4 Å². The number of carbonyl (C=O) groups excluding carboxylic acids is 1. The molecule has 1 aromatic rings. The average molecular weight is 298 g/mol. The molecule has 21 heavy (non-hydrogen) atoms. The van der Waals surface area contributed by atoms with Crippen molar-refractivity contribution in [1.29, 1.82) is 0 Å². The second-order valence-corrected chi connectivity index (χ2v) is 4.62. The molecule has 0 radical (unpaired) electrons. The highest BCUT2D eigenvalue weighted by Gasteiger charge is 2.10. The molecule has 0 aliphatic carbocycles. The van der Waals surface area contributed by atoms with E-state index in [1.165, 1.54) is 12.1 Å². The zero-order chi connectivity index (χ0) is 15.8. The van der Waals surface area contributed by atoms with Crippen LogP contribution in [0.25, 0.3) is 0 Å². The number of hydrogen-bond acceptors (Lipinski definition) is 3. The molecule has 0 heterocycles. The first-order chi connectivity index (χ1) is 9.92. The molecule has 2 amide bonds. The molecule has 6 nitrogen and oxygen atoms in total. The molecule has 1 unspecified atom stereocenters. The van der Waals surface area contributed by atoms with Crippen LogP contribution >= 0.6 is 0 Å². The summed E-state index contributed by atoms with van der Waals surface area (Å²) < 4.78 is 18.6. The second-order valence-electron chi connectivity index (χ2n) is 4.62. The summed E-state index contributed by atoms with van der Waals surface area (Å²) in [6, 6.07) is 3.59. The summed E-state index contributed by atoms with van der Waals surface area (Å²) in [6.07, 6.45) is -0.0298. The maximum absolute atomic E-state index is 13.6. The maximum atomic E-state index is 13.6. The van der Waals surface area contributed by atoms with Crippen LogP contribution in [0.5, 0.6) is 5.75 Å². The van der Waals surface area contributed by atoms with E-state index in [9.17, 15) is 14.0 Å². The van der Waals surface area contributed by atoms with E-state index in [4.69, 9.17) is 9.84 Å². The van der Waals surface area contributed by atoms with E-state index in [2.05, 4.69) is 10.6 Å². The van der Waals surface area contributed by atoms with Crippen molar-refractivity contribution in [3.05, 3.63) is 24.0 Å². The van der Waals surface area contributed by atoms with E-state index in [1.807, 2.05) is 0 Å². The summed E-state index contributed by atoms with van der Waals surface area (Å²) in [5, 5.41) is 13.6. The molecule has 3 N–H and O–H groups in total. The van der Waals surface area contributed by atoms with E-state index in [-0.39, 0.29) is 24.6 Å². The summed E-state index contributed by atoms with van der Waals surface area (Å²) in [5.74, 6) is -1.55. The van der Waals surface area contributed by atoms with Gasteiger partial charge in [-0.3, -0.25) is 4.79 Å². The molecule has 0 aliphatic rings. The van der Waals surface area contributed by atoms with Crippen LogP contribution in [-0.4, -0.2) is 30.3 Å². The number of hydrogen-bond donors (Lipinski definition) is 3. The van der Waals surface area contributed by atoms with Crippen molar-refractivity contribution in [3.63, 3.8) is 0 Å². The fourth-order valence-electron chi connectivity index (χ4n) is 1.66. The van der Waals surface area contributed by atoms with Gasteiger partial charge in [-0.2, -0.15) is 0 Å². The number of benzene rings is 1. The van der Waals surface area contributed by atoms with Crippen molar-refractivity contribution in [3.8, 4) is 5.75 Å². The summed E-state index contributed by atoms with van der Waals surface area (Å²) in [5.41, 5.74) is 0.291. The van der Waals surface area contributed by atoms with Gasteiger partial charge in [0.2, 0.25) is 0 Å². The SMILES string of the molecule is CCOc1ccc(NC(=O)NCC(C)CC(=O)O)cc1F. The Bertz CT molecular complexity index is 508. The number of ether oxygens (including phenoxy) is 1. The van der Waals surface area contributed by atoms with E-state index >= 15 is 0 Å². The quantitative estimate of drug-likeness (QED) is 0.721. The van der Waals surface area contributed by atoms with Gasteiger partial charge >= 0.3 is 12.0 Å². The number of carbonyl (C=O) groups is 2. The Hall–Kier alpha value is -2.31. The maximum Gasteiger partial charge on any atom is 0.319 e. The first-order valence-corrected chi connectivity index (χ1v) is 6.61. The van der Waals surface area contributed by atoms with Crippen molar-refractivity contribution in [2.75, 3.05) is 18.5 Å². The first kappa shape index (κ1) is 16.7. The molecular weight excluding hydrogens is 279 g/mol. The third-order valence-electron chi connectivity index (χ3n) is 2.62. The molecule has 1 rings (SSSR count). The minimum atomic E-state index is -0.918. The molecule has 0 bridgehead atoms. The molecule has 7 heteroatoms. The van der Waals surface area contributed by atoms with Gasteiger partial charge in [-0.1, -0.05) is 6.92 Å². The number of halogens is 1. The van der Waals surface area contributed by atoms with E-state index in [1.54, 1.807) is 13.8 Å². The smallest absolute Gasteiger partial charge is 0.319 e. The number of nitrogens with one attached hydrogen (secondary N) is 2. The standard InChI is InChI=1S/C14H19FN2O4/c1-3-21-12-5-4-10(7-11(12)15)17-14(20)16-8-9(2)6-13(18)19/h4-5,7,9H,3,6,8H2,1-2H3,(H,18,19)(H2,16,17,20). The lowest BCUT2D eigenvalue weighted by Gasteiger charge is -2.12. The second kappa shape index (κ2) is 8.08. The summed E-state index contributed by atoms with van der Waals surface area (Å²) in [4.78, 5) is 22.1. The Balaban J connectivity index is 2.47. The zero-order valence-electron chi connectivity index (χ0n) is 12.0. The van der Waals surface area contributed by atoms with Gasteiger partial charge in [0.05, 0.1) is 6.61 Å². The van der Waals surface area contributed by atoms with E-state index in [0.717, 1.165) is 6.07 Å². The number of anilines is 1. The van der Waals surface area contributed by atoms with Crippen molar-refractivity contribution in [2.24, 2.45) is 5.92 Å². The van der Waals surface area contributed by atoms with Gasteiger partial charge in [0.15, 0.2) is 11.6 Å². The Labute approximate surface area is 122 Å². The molecule has 116 valence electrons. The molecule has 1 aromatic carbocycles. The van der Waals surface area contributed by atoms with Crippen LogP contribution in [0.2, 0.25) is 0 Å². The molecule has 0 fully saturated rings. The fraction of sp³-hybridized carbons (Fsp3) is 0.429. The first-order valence-electron chi connectivity index (χ1n) is 6.61. The minimum Gasteiger partial charge on any atom is -0.491 e. The van der Waals surface area contributed by atoms with Gasteiger partial charge in [-0.25, -0.2) is 9.18 Å². The highest BCUT2D eigenvalue weighted by atomic mass is 19.1. The van der Waals surface area contributed by atoms with Crippen molar-refractivity contribution >= 4 is 17.7 Å². The van der Waals surface area contributed by atoms with Crippen LogP contribution in [0.4, 0.5) is 14.9 Å². The van der Waals surface area contributed by atoms with Crippen LogP contribution in [0.1, 0.15) is 20.3 Å². The van der Waals surface area contributed by atoms with Crippen LogP contribution in [-0.2, 0) is 4.79 Å². The largest absolute Gasteiger partial charge is 0.491 e. The summed E-state index contributed by atoms with van der Waals surface area (Å²) in [6.45, 7) is 4.03. The number of amides is 2. The van der Waals surface area contributed by atoms with Gasteiger partial charge in [-0.15, -0.1) is 0 Å². The molecule has 1 atom stereocenters. The third-order valence-corrected chi connectivity index (χ3v) is 2.62. The fourth-order valence-corrected chi connectivity index (χ4v) is 1.66. The van der Waals surface area contributed by atoms with Crippen LogP contribution in [0.3, 0.4) is 0 Å². The van der Waals surface area contributed by atoms with Gasteiger partial charge in [0, 0.05) is 24.7 Å². The lowest BCUT2D eigenvalue weighted by Crippen LogP contribution is -2.33. The Morgan fingerprint density at radius 2 is 2.14 bits per heavy atom. The Morgan fingerprint density at radius 1 is 1.43 bits per heavy atom. The monoisotopic (exact) mass is 298 g/mol. The molecule has 0 spiro atoms. The lowest BCUT2D eigenvalue weighted by atomic mass is 10.1. The van der Waals surface area contributed by atoms with Gasteiger partial charge in [-0.05, 0) is 25.0 Å².